The molecule has 1 aromatic rings. The zero-order chi connectivity index (χ0) is 10.8. The second kappa shape index (κ2) is 4.84. The molecule has 1 heterocycles. The lowest BCUT2D eigenvalue weighted by Crippen LogP contribution is -2.16. The molecule has 2 rings (SSSR count). The number of hydrogen-bond acceptors (Lipinski definition) is 1. The molecular weight excluding hydrogens is 273 g/mol. The molecule has 0 radical (unpaired) electrons. The summed E-state index contributed by atoms with van der Waals surface area (Å²) in [5.74, 6) is 1.67. The zero-order valence-corrected chi connectivity index (χ0v) is 11.1. The number of nitrogens with zero attached hydrogens (tertiary/aromatic N) is 1. The van der Waals surface area contributed by atoms with Crippen molar-refractivity contribution in [2.45, 2.75) is 31.0 Å². The number of rotatable bonds is 4. The van der Waals surface area contributed by atoms with Gasteiger partial charge in [-0.05, 0) is 42.7 Å². The standard InChI is InChI=1S/C12H15BrClN/c1-8(9-2-3-9)11(13)6-10-4-5-15-7-12(10)14/h4-5,7-9,11H,2-3,6H2,1H3. The molecule has 1 aromatic heterocycles. The van der Waals surface area contributed by atoms with Crippen molar-refractivity contribution in [3.05, 3.63) is 29.0 Å². The van der Waals surface area contributed by atoms with Gasteiger partial charge in [-0.15, -0.1) is 0 Å². The van der Waals surface area contributed by atoms with Crippen molar-refractivity contribution < 1.29 is 0 Å². The fraction of sp³-hybridized carbons (Fsp3) is 0.583. The van der Waals surface area contributed by atoms with Crippen LogP contribution < -0.4 is 0 Å². The molecular formula is C12H15BrClN. The van der Waals surface area contributed by atoms with Crippen molar-refractivity contribution >= 4 is 27.5 Å². The van der Waals surface area contributed by atoms with Gasteiger partial charge < -0.3 is 0 Å². The fourth-order valence-electron chi connectivity index (χ4n) is 1.88. The first-order valence-electron chi connectivity index (χ1n) is 5.41. The van der Waals surface area contributed by atoms with E-state index in [1.165, 1.54) is 18.4 Å². The molecule has 1 saturated carbocycles. The summed E-state index contributed by atoms with van der Waals surface area (Å²) in [6.07, 6.45) is 7.32. The van der Waals surface area contributed by atoms with E-state index < -0.39 is 0 Å². The van der Waals surface area contributed by atoms with E-state index in [2.05, 4.69) is 27.8 Å². The van der Waals surface area contributed by atoms with E-state index in [-0.39, 0.29) is 0 Å². The van der Waals surface area contributed by atoms with Crippen LogP contribution in [-0.4, -0.2) is 9.81 Å². The smallest absolute Gasteiger partial charge is 0.0621 e. The van der Waals surface area contributed by atoms with E-state index in [4.69, 9.17) is 11.6 Å². The minimum atomic E-state index is 0.532. The zero-order valence-electron chi connectivity index (χ0n) is 8.79. The van der Waals surface area contributed by atoms with Crippen LogP contribution >= 0.6 is 27.5 Å². The monoisotopic (exact) mass is 287 g/mol. The molecule has 0 saturated heterocycles. The van der Waals surface area contributed by atoms with Gasteiger partial charge in [0.1, 0.15) is 0 Å². The van der Waals surface area contributed by atoms with E-state index in [9.17, 15) is 0 Å². The van der Waals surface area contributed by atoms with Gasteiger partial charge >= 0.3 is 0 Å². The predicted octanol–water partition coefficient (Wildman–Crippen LogP) is 4.09. The van der Waals surface area contributed by atoms with Crippen LogP contribution in [0.3, 0.4) is 0 Å². The molecule has 2 atom stereocenters. The van der Waals surface area contributed by atoms with Gasteiger partial charge in [-0.25, -0.2) is 0 Å². The molecule has 0 spiro atoms. The molecule has 0 N–H and O–H groups in total. The number of alkyl halides is 1. The van der Waals surface area contributed by atoms with Gasteiger partial charge in [-0.3, -0.25) is 4.98 Å². The van der Waals surface area contributed by atoms with Crippen LogP contribution in [0.1, 0.15) is 25.3 Å². The van der Waals surface area contributed by atoms with Gasteiger partial charge in [0.25, 0.3) is 0 Å². The molecule has 1 nitrogen and oxygen atoms in total. The van der Waals surface area contributed by atoms with E-state index in [1.807, 2.05) is 12.3 Å². The molecule has 15 heavy (non-hydrogen) atoms. The summed E-state index contributed by atoms with van der Waals surface area (Å²) in [6, 6.07) is 2.01. The molecule has 0 amide bonds. The summed E-state index contributed by atoms with van der Waals surface area (Å²) >= 11 is 9.86. The highest BCUT2D eigenvalue weighted by Gasteiger charge is 2.32. The lowest BCUT2D eigenvalue weighted by Gasteiger charge is -2.18. The average molecular weight is 289 g/mol. The summed E-state index contributed by atoms with van der Waals surface area (Å²) in [6.45, 7) is 2.33. The van der Waals surface area contributed by atoms with Gasteiger partial charge in [-0.2, -0.15) is 0 Å². The van der Waals surface area contributed by atoms with Crippen LogP contribution in [-0.2, 0) is 6.42 Å². The minimum Gasteiger partial charge on any atom is -0.263 e. The minimum absolute atomic E-state index is 0.532. The maximum Gasteiger partial charge on any atom is 0.0621 e. The van der Waals surface area contributed by atoms with Gasteiger partial charge in [0.15, 0.2) is 0 Å². The maximum absolute atomic E-state index is 6.08. The highest BCUT2D eigenvalue weighted by Crippen LogP contribution is 2.41. The summed E-state index contributed by atoms with van der Waals surface area (Å²) < 4.78 is 0. The van der Waals surface area contributed by atoms with Crippen molar-refractivity contribution in [1.29, 1.82) is 0 Å². The Bertz CT molecular complexity index is 338. The molecule has 0 aliphatic heterocycles. The normalized spacial score (nSPS) is 19.9. The van der Waals surface area contributed by atoms with Crippen LogP contribution in [0.2, 0.25) is 5.02 Å². The van der Waals surface area contributed by atoms with Crippen molar-refractivity contribution in [3.8, 4) is 0 Å². The van der Waals surface area contributed by atoms with Gasteiger partial charge in [0.2, 0.25) is 0 Å². The highest BCUT2D eigenvalue weighted by atomic mass is 79.9. The molecule has 1 aliphatic carbocycles. The number of aromatic nitrogens is 1. The first kappa shape index (κ1) is 11.4. The Morgan fingerprint density at radius 2 is 2.33 bits per heavy atom. The van der Waals surface area contributed by atoms with Crippen LogP contribution in [0.5, 0.6) is 0 Å². The Balaban J connectivity index is 1.98. The van der Waals surface area contributed by atoms with Crippen molar-refractivity contribution in [2.75, 3.05) is 0 Å². The second-order valence-electron chi connectivity index (χ2n) is 4.38. The summed E-state index contributed by atoms with van der Waals surface area (Å²) in [4.78, 5) is 4.53. The van der Waals surface area contributed by atoms with Gasteiger partial charge in [0, 0.05) is 17.2 Å². The maximum atomic E-state index is 6.08. The lowest BCUT2D eigenvalue weighted by molar-refractivity contribution is 0.490. The van der Waals surface area contributed by atoms with Crippen LogP contribution in [0.15, 0.2) is 18.5 Å². The predicted molar refractivity (Wildman–Crippen MR) is 67.6 cm³/mol. The second-order valence-corrected chi connectivity index (χ2v) is 5.97. The van der Waals surface area contributed by atoms with E-state index in [0.29, 0.717) is 4.83 Å². The SMILES string of the molecule is CC(C(Br)Cc1ccncc1Cl)C1CC1. The lowest BCUT2D eigenvalue weighted by atomic mass is 9.97. The number of hydrogen-bond donors (Lipinski definition) is 0. The third-order valence-corrected chi connectivity index (χ3v) is 4.71. The van der Waals surface area contributed by atoms with Crippen molar-refractivity contribution in [1.82, 2.24) is 4.98 Å². The largest absolute Gasteiger partial charge is 0.263 e. The number of pyridine rings is 1. The third kappa shape index (κ3) is 2.94. The summed E-state index contributed by atoms with van der Waals surface area (Å²) in [5.41, 5.74) is 1.20. The van der Waals surface area contributed by atoms with E-state index >= 15 is 0 Å². The highest BCUT2D eigenvalue weighted by molar-refractivity contribution is 9.09. The van der Waals surface area contributed by atoms with Gasteiger partial charge in [0.05, 0.1) is 5.02 Å². The topological polar surface area (TPSA) is 12.9 Å². The van der Waals surface area contributed by atoms with E-state index in [1.54, 1.807) is 6.20 Å². The molecule has 0 bridgehead atoms. The molecule has 1 aliphatic rings. The van der Waals surface area contributed by atoms with Crippen LogP contribution in [0, 0.1) is 11.8 Å². The third-order valence-electron chi connectivity index (χ3n) is 3.21. The molecule has 82 valence electrons. The first-order valence-corrected chi connectivity index (χ1v) is 6.70. The number of halogens is 2. The Kier molecular flexibility index (Phi) is 3.68. The fourth-order valence-corrected chi connectivity index (χ4v) is 2.86. The Morgan fingerprint density at radius 3 is 2.93 bits per heavy atom. The molecule has 1 fully saturated rings. The van der Waals surface area contributed by atoms with Crippen LogP contribution in [0.4, 0.5) is 0 Å². The Morgan fingerprint density at radius 1 is 1.60 bits per heavy atom. The van der Waals surface area contributed by atoms with Crippen LogP contribution in [0.25, 0.3) is 0 Å². The van der Waals surface area contributed by atoms with Crippen molar-refractivity contribution in [2.24, 2.45) is 11.8 Å². The Labute approximate surface area is 104 Å². The molecule has 3 heteroatoms. The summed E-state index contributed by atoms with van der Waals surface area (Å²) in [7, 11) is 0. The summed E-state index contributed by atoms with van der Waals surface area (Å²) in [5, 5.41) is 0.782. The van der Waals surface area contributed by atoms with E-state index in [0.717, 1.165) is 23.3 Å². The molecule has 2 unspecified atom stereocenters. The van der Waals surface area contributed by atoms with Gasteiger partial charge in [-0.1, -0.05) is 34.5 Å². The average Bonchev–Trinajstić information content (AvgIpc) is 3.04. The molecule has 0 aromatic carbocycles. The Hall–Kier alpha value is -0.0800. The van der Waals surface area contributed by atoms with Crippen molar-refractivity contribution in [3.63, 3.8) is 0 Å². The quantitative estimate of drug-likeness (QED) is 0.761. The first-order chi connectivity index (χ1) is 7.18.